The van der Waals surface area contributed by atoms with Crippen LogP contribution >= 0.6 is 11.6 Å². The van der Waals surface area contributed by atoms with Crippen molar-refractivity contribution < 1.29 is 33.0 Å². The lowest BCUT2D eigenvalue weighted by Gasteiger charge is -2.39. The lowest BCUT2D eigenvalue weighted by molar-refractivity contribution is 0.00940. The molecule has 1 atom stereocenters. The van der Waals surface area contributed by atoms with Gasteiger partial charge in [-0.3, -0.25) is 9.78 Å². The van der Waals surface area contributed by atoms with E-state index < -0.39 is 41.0 Å². The van der Waals surface area contributed by atoms with E-state index in [4.69, 9.17) is 31.5 Å². The minimum atomic E-state index is -0.842. The van der Waals surface area contributed by atoms with Crippen molar-refractivity contribution >= 4 is 29.7 Å². The van der Waals surface area contributed by atoms with Crippen LogP contribution in [0.15, 0.2) is 85.2 Å². The number of hydrogen-bond acceptors (Lipinski definition) is 7. The van der Waals surface area contributed by atoms with Crippen LogP contribution in [0.2, 0.25) is 5.02 Å². The molecule has 1 unspecified atom stereocenters. The molecule has 3 aromatic carbocycles. The predicted octanol–water partition coefficient (Wildman–Crippen LogP) is 9.64. The molecule has 1 heterocycles. The molecule has 1 aliphatic carbocycles. The first kappa shape index (κ1) is 40.0. The average molecular weight is 759 g/mol. The summed E-state index contributed by atoms with van der Waals surface area (Å²) in [4.78, 5) is 45.0. The third-order valence-corrected chi connectivity index (χ3v) is 9.29. The van der Waals surface area contributed by atoms with E-state index in [2.05, 4.69) is 10.3 Å². The van der Waals surface area contributed by atoms with Gasteiger partial charge in [0.2, 0.25) is 5.91 Å². The Labute approximate surface area is 321 Å². The highest BCUT2D eigenvalue weighted by atomic mass is 35.5. The third kappa shape index (κ3) is 10.5. The molecule has 0 bridgehead atoms. The maximum absolute atomic E-state index is 16.5. The Morgan fingerprint density at radius 3 is 2.20 bits per heavy atom. The number of carbonyl (C=O) groups excluding carboxylic acids is 3. The normalized spacial score (nSPS) is 16.5. The molecule has 12 heteroatoms. The SMILES string of the molecule is CC(C)(C)OC(=O)NC1CCC(N(CC(c2ccccc2)c2ccc(Cl)c(-c3c(C(N)=O)ccc(Oc4cccnc4)c3F)c2)C(=O)OC(C)(C)C)CC1. The van der Waals surface area contributed by atoms with Gasteiger partial charge in [-0.25, -0.2) is 14.0 Å². The molecular weight excluding hydrogens is 711 g/mol. The standard InChI is InChI=1S/C42H48ClFN4O6/c1-41(2,3)53-39(50)47-28-15-17-29(18-16-28)48(40(51)54-42(4,5)6)25-33(26-11-8-7-9-12-26)27-14-20-34(43)32(23-27)36-31(38(45)49)19-21-35(37(36)44)52-30-13-10-22-46-24-30/h7-14,19-24,28-29,33H,15-18,25H2,1-6H3,(H2,45,49)(H,47,50). The fraction of sp³-hybridized carbons (Fsp3) is 0.381. The van der Waals surface area contributed by atoms with E-state index in [1.165, 1.54) is 18.3 Å². The first-order valence-corrected chi connectivity index (χ1v) is 18.4. The number of nitrogens with one attached hydrogen (secondary N) is 1. The summed E-state index contributed by atoms with van der Waals surface area (Å²) < 4.78 is 33.7. The van der Waals surface area contributed by atoms with Crippen LogP contribution in [0.25, 0.3) is 11.1 Å². The van der Waals surface area contributed by atoms with Crippen LogP contribution in [0.5, 0.6) is 11.5 Å². The first-order chi connectivity index (χ1) is 25.5. The zero-order valence-electron chi connectivity index (χ0n) is 31.5. The summed E-state index contributed by atoms with van der Waals surface area (Å²) in [5.74, 6) is -1.93. The lowest BCUT2D eigenvalue weighted by atomic mass is 9.86. The van der Waals surface area contributed by atoms with E-state index in [0.717, 1.165) is 5.56 Å². The maximum Gasteiger partial charge on any atom is 0.410 e. The minimum absolute atomic E-state index is 0.0755. The summed E-state index contributed by atoms with van der Waals surface area (Å²) in [6.45, 7) is 11.1. The number of nitrogens with zero attached hydrogens (tertiary/aromatic N) is 2. The van der Waals surface area contributed by atoms with Crippen LogP contribution < -0.4 is 15.8 Å². The van der Waals surface area contributed by atoms with Crippen LogP contribution in [0.1, 0.15) is 94.6 Å². The Bertz CT molecular complexity index is 1940. The molecule has 1 aromatic heterocycles. The molecule has 0 spiro atoms. The highest BCUT2D eigenvalue weighted by Crippen LogP contribution is 2.41. The largest absolute Gasteiger partial charge is 0.453 e. The van der Waals surface area contributed by atoms with Gasteiger partial charge in [-0.05, 0) is 115 Å². The minimum Gasteiger partial charge on any atom is -0.453 e. The van der Waals surface area contributed by atoms with Gasteiger partial charge < -0.3 is 30.2 Å². The monoisotopic (exact) mass is 758 g/mol. The fourth-order valence-electron chi connectivity index (χ4n) is 6.57. The third-order valence-electron chi connectivity index (χ3n) is 8.96. The Balaban J connectivity index is 1.53. The van der Waals surface area contributed by atoms with Gasteiger partial charge in [0.05, 0.1) is 11.8 Å². The smallest absolute Gasteiger partial charge is 0.410 e. The Morgan fingerprint density at radius 2 is 1.59 bits per heavy atom. The zero-order chi connectivity index (χ0) is 39.2. The van der Waals surface area contributed by atoms with Crippen LogP contribution in [-0.4, -0.2) is 57.8 Å². The predicted molar refractivity (Wildman–Crippen MR) is 206 cm³/mol. The van der Waals surface area contributed by atoms with Crippen molar-refractivity contribution in [3.05, 3.63) is 113 Å². The van der Waals surface area contributed by atoms with E-state index in [0.29, 0.717) is 37.0 Å². The van der Waals surface area contributed by atoms with Gasteiger partial charge >= 0.3 is 12.2 Å². The zero-order valence-corrected chi connectivity index (χ0v) is 32.3. The summed E-state index contributed by atoms with van der Waals surface area (Å²) in [6, 6.07) is 20.6. The molecule has 5 rings (SSSR count). The average Bonchev–Trinajstić information content (AvgIpc) is 3.10. The number of carbonyl (C=O) groups is 3. The van der Waals surface area contributed by atoms with Crippen LogP contribution in [-0.2, 0) is 9.47 Å². The molecule has 3 N–H and O–H groups in total. The van der Waals surface area contributed by atoms with Crippen molar-refractivity contribution in [1.82, 2.24) is 15.2 Å². The Kier molecular flexibility index (Phi) is 12.5. The van der Waals surface area contributed by atoms with Gasteiger partial charge in [0.25, 0.3) is 0 Å². The van der Waals surface area contributed by atoms with Crippen molar-refractivity contribution in [3.63, 3.8) is 0 Å². The molecule has 286 valence electrons. The second-order valence-corrected chi connectivity index (χ2v) is 15.8. The number of ether oxygens (including phenoxy) is 3. The van der Waals surface area contributed by atoms with E-state index >= 15 is 4.39 Å². The van der Waals surface area contributed by atoms with Crippen LogP contribution in [0, 0.1) is 5.82 Å². The summed E-state index contributed by atoms with van der Waals surface area (Å²) in [5, 5.41) is 3.16. The highest BCUT2D eigenvalue weighted by molar-refractivity contribution is 6.33. The molecule has 3 amide bonds. The summed E-state index contributed by atoms with van der Waals surface area (Å²) in [5.41, 5.74) is 6.04. The number of primary amides is 1. The van der Waals surface area contributed by atoms with E-state index in [1.807, 2.05) is 77.9 Å². The molecule has 10 nitrogen and oxygen atoms in total. The van der Waals surface area contributed by atoms with Crippen LogP contribution in [0.3, 0.4) is 0 Å². The van der Waals surface area contributed by atoms with Crippen molar-refractivity contribution in [3.8, 4) is 22.6 Å². The van der Waals surface area contributed by atoms with Crippen molar-refractivity contribution in [1.29, 1.82) is 0 Å². The van der Waals surface area contributed by atoms with Crippen molar-refractivity contribution in [2.75, 3.05) is 6.54 Å². The van der Waals surface area contributed by atoms with Gasteiger partial charge in [0.15, 0.2) is 11.6 Å². The summed E-state index contributed by atoms with van der Waals surface area (Å²) in [6.07, 6.45) is 4.57. The highest BCUT2D eigenvalue weighted by Gasteiger charge is 2.35. The van der Waals surface area contributed by atoms with Gasteiger partial charge in [0, 0.05) is 46.9 Å². The molecule has 0 radical (unpaired) electrons. The quantitative estimate of drug-likeness (QED) is 0.165. The van der Waals surface area contributed by atoms with E-state index in [-0.39, 0.29) is 46.1 Å². The van der Waals surface area contributed by atoms with Gasteiger partial charge in [-0.1, -0.05) is 48.0 Å². The van der Waals surface area contributed by atoms with Gasteiger partial charge in [-0.15, -0.1) is 0 Å². The number of pyridine rings is 1. The molecule has 0 aliphatic heterocycles. The van der Waals surface area contributed by atoms with Crippen LogP contribution in [0.4, 0.5) is 14.0 Å². The van der Waals surface area contributed by atoms with E-state index in [9.17, 15) is 14.4 Å². The maximum atomic E-state index is 16.5. The molecule has 4 aromatic rings. The Hall–Kier alpha value is -5.16. The summed E-state index contributed by atoms with van der Waals surface area (Å²) in [7, 11) is 0. The summed E-state index contributed by atoms with van der Waals surface area (Å²) >= 11 is 6.79. The van der Waals surface area contributed by atoms with Crippen molar-refractivity contribution in [2.24, 2.45) is 5.73 Å². The number of benzene rings is 3. The number of rotatable bonds is 10. The number of alkyl carbamates (subject to hydrolysis) is 1. The number of nitrogens with two attached hydrogens (primary N) is 1. The second kappa shape index (κ2) is 16.9. The topological polar surface area (TPSA) is 133 Å². The molecule has 1 fully saturated rings. The molecule has 54 heavy (non-hydrogen) atoms. The lowest BCUT2D eigenvalue weighted by Crippen LogP contribution is -2.49. The second-order valence-electron chi connectivity index (χ2n) is 15.4. The molecule has 1 saturated carbocycles. The number of halogens is 2. The first-order valence-electron chi connectivity index (χ1n) is 18.0. The van der Waals surface area contributed by atoms with E-state index in [1.54, 1.807) is 35.4 Å². The fourth-order valence-corrected chi connectivity index (χ4v) is 6.79. The number of amides is 3. The van der Waals surface area contributed by atoms with Crippen molar-refractivity contribution in [2.45, 2.75) is 96.4 Å². The molecular formula is C42H48ClFN4O6. The molecule has 0 saturated heterocycles. The van der Waals surface area contributed by atoms with Gasteiger partial charge in [0.1, 0.15) is 17.0 Å². The molecule has 1 aliphatic rings. The Morgan fingerprint density at radius 1 is 0.907 bits per heavy atom. The number of hydrogen-bond donors (Lipinski definition) is 2. The van der Waals surface area contributed by atoms with Gasteiger partial charge in [-0.2, -0.15) is 0 Å². The number of aromatic nitrogens is 1.